The average molecular weight is 574 g/mol. The molecule has 0 unspecified atom stereocenters. The van der Waals surface area contributed by atoms with E-state index in [2.05, 4.69) is 21.2 Å². The van der Waals surface area contributed by atoms with Crippen molar-refractivity contribution in [3.05, 3.63) is 113 Å². The van der Waals surface area contributed by atoms with Crippen molar-refractivity contribution in [1.29, 1.82) is 0 Å². The highest BCUT2D eigenvalue weighted by Gasteiger charge is 2.31. The highest BCUT2D eigenvalue weighted by atomic mass is 79.9. The largest absolute Gasteiger partial charge is 0.483 e. The smallest absolute Gasteiger partial charge is 0.261 e. The summed E-state index contributed by atoms with van der Waals surface area (Å²) in [4.78, 5) is 29.0. The Bertz CT molecular complexity index is 1360. The van der Waals surface area contributed by atoms with Crippen LogP contribution in [0.25, 0.3) is 10.8 Å². The molecule has 0 spiro atoms. The van der Waals surface area contributed by atoms with E-state index >= 15 is 0 Å². The molecule has 4 aromatic rings. The number of ether oxygens (including phenoxy) is 1. The van der Waals surface area contributed by atoms with Gasteiger partial charge in [0.1, 0.15) is 11.8 Å². The second-order valence-electron chi connectivity index (χ2n) is 9.42. The number of rotatable bonds is 11. The van der Waals surface area contributed by atoms with Gasteiger partial charge in [-0.15, -0.1) is 0 Å². The first kappa shape index (κ1) is 27.4. The molecule has 4 rings (SSSR count). The number of nitrogens with one attached hydrogen (secondary N) is 1. The van der Waals surface area contributed by atoms with E-state index < -0.39 is 6.04 Å². The Hall–Kier alpha value is -3.64. The van der Waals surface area contributed by atoms with Crippen LogP contribution < -0.4 is 10.1 Å². The third-order valence-corrected chi connectivity index (χ3v) is 7.46. The maximum absolute atomic E-state index is 13.8. The quantitative estimate of drug-likeness (QED) is 0.222. The van der Waals surface area contributed by atoms with Crippen LogP contribution in [0.15, 0.2) is 102 Å². The average Bonchev–Trinajstić information content (AvgIpc) is 2.95. The zero-order valence-electron chi connectivity index (χ0n) is 21.8. The lowest BCUT2D eigenvalue weighted by Crippen LogP contribution is -2.53. The lowest BCUT2D eigenvalue weighted by atomic mass is 10.0. The molecule has 0 bridgehead atoms. The Morgan fingerprint density at radius 1 is 0.868 bits per heavy atom. The standard InChI is InChI=1S/C32H33BrN2O3/c1-3-23(2)34-32(37)28(20-24-12-6-4-7-13-24)35(21-25-14-8-5-9-15-25)30(36)22-38-29-19-18-26-16-10-11-17-27(26)31(29)33/h4-19,23,28H,3,20-22H2,1-2H3,(H,34,37)/t23-,28-/m1/s1. The van der Waals surface area contributed by atoms with Gasteiger partial charge in [0.25, 0.3) is 5.91 Å². The van der Waals surface area contributed by atoms with Crippen molar-refractivity contribution in [2.24, 2.45) is 0 Å². The van der Waals surface area contributed by atoms with Crippen molar-refractivity contribution in [1.82, 2.24) is 10.2 Å². The van der Waals surface area contributed by atoms with E-state index in [1.807, 2.05) is 111 Å². The van der Waals surface area contributed by atoms with Crippen molar-refractivity contribution in [2.45, 2.75) is 45.3 Å². The molecule has 0 fully saturated rings. The summed E-state index contributed by atoms with van der Waals surface area (Å²) in [6.45, 7) is 4.11. The van der Waals surface area contributed by atoms with E-state index in [0.29, 0.717) is 18.7 Å². The van der Waals surface area contributed by atoms with Gasteiger partial charge in [0.05, 0.1) is 4.47 Å². The molecule has 0 saturated heterocycles. The van der Waals surface area contributed by atoms with Crippen molar-refractivity contribution >= 4 is 38.5 Å². The summed E-state index contributed by atoms with van der Waals surface area (Å²) < 4.78 is 6.84. The third kappa shape index (κ3) is 7.01. The van der Waals surface area contributed by atoms with E-state index in [1.165, 1.54) is 0 Å². The SMILES string of the molecule is CC[C@@H](C)NC(=O)[C@@H](Cc1ccccc1)N(Cc1ccccc1)C(=O)COc1ccc2ccccc2c1Br. The normalized spacial score (nSPS) is 12.5. The molecule has 0 radical (unpaired) electrons. The van der Waals surface area contributed by atoms with Crippen LogP contribution in [0.5, 0.6) is 5.75 Å². The summed E-state index contributed by atoms with van der Waals surface area (Å²) >= 11 is 3.64. The number of amides is 2. The molecule has 5 nitrogen and oxygen atoms in total. The summed E-state index contributed by atoms with van der Waals surface area (Å²) in [5, 5.41) is 5.18. The minimum absolute atomic E-state index is 0.000689. The topological polar surface area (TPSA) is 58.6 Å². The van der Waals surface area contributed by atoms with Gasteiger partial charge in [0.15, 0.2) is 6.61 Å². The molecule has 0 aliphatic heterocycles. The molecular weight excluding hydrogens is 540 g/mol. The van der Waals surface area contributed by atoms with Crippen molar-refractivity contribution in [3.63, 3.8) is 0 Å². The molecule has 2 atom stereocenters. The maximum Gasteiger partial charge on any atom is 0.261 e. The first-order chi connectivity index (χ1) is 18.5. The monoisotopic (exact) mass is 572 g/mol. The van der Waals surface area contributed by atoms with Gasteiger partial charge in [0, 0.05) is 19.0 Å². The second kappa shape index (κ2) is 13.2. The number of halogens is 1. The van der Waals surface area contributed by atoms with Crippen LogP contribution in [0.4, 0.5) is 0 Å². The van der Waals surface area contributed by atoms with Gasteiger partial charge in [-0.2, -0.15) is 0 Å². The molecule has 0 saturated carbocycles. The van der Waals surface area contributed by atoms with Crippen LogP contribution >= 0.6 is 15.9 Å². The highest BCUT2D eigenvalue weighted by molar-refractivity contribution is 9.10. The molecule has 196 valence electrons. The van der Waals surface area contributed by atoms with Gasteiger partial charge in [-0.3, -0.25) is 9.59 Å². The van der Waals surface area contributed by atoms with Crippen molar-refractivity contribution in [3.8, 4) is 5.75 Å². The number of hydrogen-bond donors (Lipinski definition) is 1. The zero-order chi connectivity index (χ0) is 26.9. The fourth-order valence-corrected chi connectivity index (χ4v) is 4.93. The first-order valence-electron chi connectivity index (χ1n) is 12.9. The summed E-state index contributed by atoms with van der Waals surface area (Å²) in [7, 11) is 0. The zero-order valence-corrected chi connectivity index (χ0v) is 23.4. The van der Waals surface area contributed by atoms with Gasteiger partial charge < -0.3 is 15.0 Å². The van der Waals surface area contributed by atoms with Gasteiger partial charge in [-0.25, -0.2) is 0 Å². The Morgan fingerprint density at radius 2 is 1.50 bits per heavy atom. The fraction of sp³-hybridized carbons (Fsp3) is 0.250. The minimum Gasteiger partial charge on any atom is -0.483 e. The predicted octanol–water partition coefficient (Wildman–Crippen LogP) is 6.54. The minimum atomic E-state index is -0.692. The molecule has 1 N–H and O–H groups in total. The van der Waals surface area contributed by atoms with Gasteiger partial charge >= 0.3 is 0 Å². The van der Waals surface area contributed by atoms with Crippen LogP contribution in [0, 0.1) is 0 Å². The predicted molar refractivity (Wildman–Crippen MR) is 156 cm³/mol. The van der Waals surface area contributed by atoms with Crippen LogP contribution in [0.1, 0.15) is 31.4 Å². The number of carbonyl (C=O) groups excluding carboxylic acids is 2. The first-order valence-corrected chi connectivity index (χ1v) is 13.7. The number of hydrogen-bond acceptors (Lipinski definition) is 3. The Morgan fingerprint density at radius 3 is 2.18 bits per heavy atom. The molecule has 0 heterocycles. The number of carbonyl (C=O) groups is 2. The van der Waals surface area contributed by atoms with E-state index in [-0.39, 0.29) is 24.5 Å². The van der Waals surface area contributed by atoms with Crippen molar-refractivity contribution in [2.75, 3.05) is 6.61 Å². The van der Waals surface area contributed by atoms with Crippen LogP contribution in [0.3, 0.4) is 0 Å². The van der Waals surface area contributed by atoms with E-state index in [9.17, 15) is 9.59 Å². The second-order valence-corrected chi connectivity index (χ2v) is 10.2. The molecule has 4 aromatic carbocycles. The third-order valence-electron chi connectivity index (χ3n) is 6.65. The van der Waals surface area contributed by atoms with Crippen molar-refractivity contribution < 1.29 is 14.3 Å². The molecule has 0 aliphatic carbocycles. The van der Waals surface area contributed by atoms with Gasteiger partial charge in [-0.05, 0) is 57.2 Å². The summed E-state index contributed by atoms with van der Waals surface area (Å²) in [5.41, 5.74) is 1.93. The van der Waals surface area contributed by atoms with Crippen LogP contribution in [-0.2, 0) is 22.6 Å². The lowest BCUT2D eigenvalue weighted by Gasteiger charge is -2.32. The maximum atomic E-state index is 13.8. The molecule has 38 heavy (non-hydrogen) atoms. The number of nitrogens with zero attached hydrogens (tertiary/aromatic N) is 1. The number of fused-ring (bicyclic) bond motifs is 1. The van der Waals surface area contributed by atoms with Gasteiger partial charge in [0.2, 0.25) is 5.91 Å². The molecule has 0 aliphatic rings. The van der Waals surface area contributed by atoms with Gasteiger partial charge in [-0.1, -0.05) is 97.9 Å². The Balaban J connectivity index is 1.62. The summed E-state index contributed by atoms with van der Waals surface area (Å²) in [6.07, 6.45) is 1.21. The molecule has 6 heteroatoms. The summed E-state index contributed by atoms with van der Waals surface area (Å²) in [6, 6.07) is 30.7. The Kier molecular flexibility index (Phi) is 9.55. The van der Waals surface area contributed by atoms with E-state index in [0.717, 1.165) is 32.8 Å². The van der Waals surface area contributed by atoms with E-state index in [4.69, 9.17) is 4.74 Å². The fourth-order valence-electron chi connectivity index (χ4n) is 4.32. The molecule has 0 aromatic heterocycles. The van der Waals surface area contributed by atoms with Crippen LogP contribution in [-0.4, -0.2) is 35.4 Å². The highest BCUT2D eigenvalue weighted by Crippen LogP contribution is 2.33. The molecule has 2 amide bonds. The van der Waals surface area contributed by atoms with Crippen LogP contribution in [0.2, 0.25) is 0 Å². The van der Waals surface area contributed by atoms with E-state index in [1.54, 1.807) is 4.90 Å². The summed E-state index contributed by atoms with van der Waals surface area (Å²) in [5.74, 6) is 0.161. The number of benzene rings is 4. The molecular formula is C32H33BrN2O3. The lowest BCUT2D eigenvalue weighted by molar-refractivity contribution is -0.143. The Labute approximate surface area is 232 Å².